The van der Waals surface area contributed by atoms with Crippen LogP contribution in [0.25, 0.3) is 0 Å². The second-order valence-corrected chi connectivity index (χ2v) is 6.43. The molecule has 0 aliphatic carbocycles. The van der Waals surface area contributed by atoms with Crippen LogP contribution in [0.5, 0.6) is 5.75 Å². The molecule has 3 rings (SSSR count). The van der Waals surface area contributed by atoms with E-state index in [0.29, 0.717) is 18.7 Å². The van der Waals surface area contributed by atoms with E-state index in [1.54, 1.807) is 36.1 Å². The molecule has 0 saturated carbocycles. The Labute approximate surface area is 155 Å². The normalized spacial score (nSPS) is 15.0. The molecule has 1 aliphatic rings. The Morgan fingerprint density at radius 1 is 1.27 bits per heavy atom. The van der Waals surface area contributed by atoms with E-state index in [0.717, 1.165) is 18.2 Å². The molecule has 2 aromatic carbocycles. The lowest BCUT2D eigenvalue weighted by molar-refractivity contribution is -0.122. The van der Waals surface area contributed by atoms with Gasteiger partial charge in [0.15, 0.2) is 6.10 Å². The van der Waals surface area contributed by atoms with Crippen LogP contribution in [-0.4, -0.2) is 24.5 Å². The van der Waals surface area contributed by atoms with E-state index < -0.39 is 11.9 Å². The Balaban J connectivity index is 1.61. The molecule has 0 bridgehead atoms. The number of hydrogen-bond acceptors (Lipinski definition) is 3. The van der Waals surface area contributed by atoms with Crippen LogP contribution in [0.3, 0.4) is 0 Å². The van der Waals surface area contributed by atoms with Crippen molar-refractivity contribution >= 4 is 34.8 Å². The highest BCUT2D eigenvalue weighted by atomic mass is 35.5. The highest BCUT2D eigenvalue weighted by molar-refractivity contribution is 6.32. The van der Waals surface area contributed by atoms with Crippen molar-refractivity contribution in [3.05, 3.63) is 53.3 Å². The Hall–Kier alpha value is -2.60. The largest absolute Gasteiger partial charge is 0.479 e. The molecular formula is C19H18ClFN2O3. The van der Waals surface area contributed by atoms with Crippen LogP contribution in [0.15, 0.2) is 42.5 Å². The van der Waals surface area contributed by atoms with Crippen molar-refractivity contribution in [1.29, 1.82) is 0 Å². The van der Waals surface area contributed by atoms with Gasteiger partial charge >= 0.3 is 0 Å². The van der Waals surface area contributed by atoms with E-state index in [4.69, 9.17) is 16.3 Å². The molecule has 1 saturated heterocycles. The van der Waals surface area contributed by atoms with E-state index in [-0.39, 0.29) is 22.6 Å². The summed E-state index contributed by atoms with van der Waals surface area (Å²) in [7, 11) is 0. The number of rotatable bonds is 5. The third-order valence-electron chi connectivity index (χ3n) is 4.09. The van der Waals surface area contributed by atoms with Gasteiger partial charge in [0.2, 0.25) is 5.91 Å². The quantitative estimate of drug-likeness (QED) is 0.857. The van der Waals surface area contributed by atoms with Gasteiger partial charge in [0.1, 0.15) is 11.6 Å². The Morgan fingerprint density at radius 3 is 2.62 bits per heavy atom. The van der Waals surface area contributed by atoms with Gasteiger partial charge in [-0.1, -0.05) is 11.6 Å². The fraction of sp³-hybridized carbons (Fsp3) is 0.263. The van der Waals surface area contributed by atoms with Crippen molar-refractivity contribution in [3.63, 3.8) is 0 Å². The summed E-state index contributed by atoms with van der Waals surface area (Å²) in [6.45, 7) is 2.29. The molecule has 1 unspecified atom stereocenters. The smallest absolute Gasteiger partial charge is 0.265 e. The molecule has 2 aromatic rings. The minimum atomic E-state index is -0.821. The molecule has 0 aromatic heterocycles. The highest BCUT2D eigenvalue weighted by Crippen LogP contribution is 2.26. The second-order valence-electron chi connectivity index (χ2n) is 6.02. The first-order valence-electron chi connectivity index (χ1n) is 8.27. The van der Waals surface area contributed by atoms with Crippen LogP contribution in [-0.2, 0) is 9.59 Å². The monoisotopic (exact) mass is 376 g/mol. The summed E-state index contributed by atoms with van der Waals surface area (Å²) in [5, 5.41) is 2.84. The molecule has 7 heteroatoms. The molecule has 1 fully saturated rings. The van der Waals surface area contributed by atoms with Crippen molar-refractivity contribution in [2.24, 2.45) is 0 Å². The number of benzene rings is 2. The average Bonchev–Trinajstić information content (AvgIpc) is 3.04. The number of carbonyl (C=O) groups is 2. The van der Waals surface area contributed by atoms with Crippen LogP contribution < -0.4 is 15.0 Å². The standard InChI is InChI=1S/C19H18ClFN2O3/c1-12(26-17-9-4-13(21)11-16(17)20)19(25)22-14-5-7-15(8-6-14)23-10-2-3-18(23)24/h4-9,11-12H,2-3,10H2,1H3,(H,22,25). The highest BCUT2D eigenvalue weighted by Gasteiger charge is 2.22. The van der Waals surface area contributed by atoms with E-state index in [1.165, 1.54) is 12.1 Å². The zero-order valence-corrected chi connectivity index (χ0v) is 14.9. The average molecular weight is 377 g/mol. The lowest BCUT2D eigenvalue weighted by Crippen LogP contribution is -2.30. The Kier molecular flexibility index (Phi) is 5.42. The van der Waals surface area contributed by atoms with Gasteiger partial charge in [-0.25, -0.2) is 4.39 Å². The van der Waals surface area contributed by atoms with Gasteiger partial charge in [-0.05, 0) is 55.8 Å². The first-order valence-corrected chi connectivity index (χ1v) is 8.65. The maximum absolute atomic E-state index is 13.1. The van der Waals surface area contributed by atoms with Gasteiger partial charge in [-0.3, -0.25) is 9.59 Å². The predicted octanol–water partition coefficient (Wildman–Crippen LogP) is 4.01. The minimum Gasteiger partial charge on any atom is -0.479 e. The van der Waals surface area contributed by atoms with Crippen LogP contribution in [0.2, 0.25) is 5.02 Å². The minimum absolute atomic E-state index is 0.101. The molecule has 26 heavy (non-hydrogen) atoms. The fourth-order valence-electron chi connectivity index (χ4n) is 2.70. The van der Waals surface area contributed by atoms with Gasteiger partial charge in [0, 0.05) is 24.3 Å². The third kappa shape index (κ3) is 4.14. The summed E-state index contributed by atoms with van der Waals surface area (Å²) < 4.78 is 18.5. The number of carbonyl (C=O) groups excluding carboxylic acids is 2. The van der Waals surface area contributed by atoms with Crippen LogP contribution in [0.1, 0.15) is 19.8 Å². The van der Waals surface area contributed by atoms with E-state index in [1.807, 2.05) is 0 Å². The van der Waals surface area contributed by atoms with Crippen molar-refractivity contribution in [2.75, 3.05) is 16.8 Å². The van der Waals surface area contributed by atoms with Crippen LogP contribution in [0.4, 0.5) is 15.8 Å². The number of hydrogen-bond donors (Lipinski definition) is 1. The zero-order chi connectivity index (χ0) is 18.7. The van der Waals surface area contributed by atoms with Crippen LogP contribution in [0, 0.1) is 5.82 Å². The first-order chi connectivity index (χ1) is 12.4. The molecule has 0 spiro atoms. The van der Waals surface area contributed by atoms with E-state index >= 15 is 0 Å². The molecule has 1 N–H and O–H groups in total. The van der Waals surface area contributed by atoms with Gasteiger partial charge in [0.25, 0.3) is 5.91 Å². The summed E-state index contributed by atoms with van der Waals surface area (Å²) in [6, 6.07) is 10.8. The maximum Gasteiger partial charge on any atom is 0.265 e. The van der Waals surface area contributed by atoms with E-state index in [9.17, 15) is 14.0 Å². The number of nitrogens with one attached hydrogen (secondary N) is 1. The lowest BCUT2D eigenvalue weighted by atomic mass is 10.2. The number of amides is 2. The number of anilines is 2. The molecule has 136 valence electrons. The predicted molar refractivity (Wildman–Crippen MR) is 98.2 cm³/mol. The van der Waals surface area contributed by atoms with Gasteiger partial charge < -0.3 is 15.0 Å². The molecule has 0 radical (unpaired) electrons. The number of nitrogens with zero attached hydrogens (tertiary/aromatic N) is 1. The maximum atomic E-state index is 13.1. The van der Waals surface area contributed by atoms with Crippen molar-refractivity contribution in [2.45, 2.75) is 25.9 Å². The molecule has 1 heterocycles. The second kappa shape index (κ2) is 7.74. The topological polar surface area (TPSA) is 58.6 Å². The summed E-state index contributed by atoms with van der Waals surface area (Å²) in [4.78, 5) is 25.8. The van der Waals surface area contributed by atoms with E-state index in [2.05, 4.69) is 5.32 Å². The number of ether oxygens (including phenoxy) is 1. The van der Waals surface area contributed by atoms with Crippen molar-refractivity contribution in [1.82, 2.24) is 0 Å². The SMILES string of the molecule is CC(Oc1ccc(F)cc1Cl)C(=O)Nc1ccc(N2CCCC2=O)cc1. The molecule has 5 nitrogen and oxygen atoms in total. The van der Waals surface area contributed by atoms with Crippen molar-refractivity contribution in [3.8, 4) is 5.75 Å². The van der Waals surface area contributed by atoms with Gasteiger partial charge in [-0.2, -0.15) is 0 Å². The number of halogens is 2. The molecule has 2 amide bonds. The van der Waals surface area contributed by atoms with Gasteiger partial charge in [0.05, 0.1) is 5.02 Å². The molecular weight excluding hydrogens is 359 g/mol. The fourth-order valence-corrected chi connectivity index (χ4v) is 2.92. The third-order valence-corrected chi connectivity index (χ3v) is 4.38. The first kappa shape index (κ1) is 18.2. The summed E-state index contributed by atoms with van der Waals surface area (Å²) in [5.74, 6) is -0.495. The summed E-state index contributed by atoms with van der Waals surface area (Å²) in [5.41, 5.74) is 1.40. The summed E-state index contributed by atoms with van der Waals surface area (Å²) >= 11 is 5.90. The van der Waals surface area contributed by atoms with Gasteiger partial charge in [-0.15, -0.1) is 0 Å². The van der Waals surface area contributed by atoms with Crippen LogP contribution >= 0.6 is 11.6 Å². The molecule has 1 aliphatic heterocycles. The Morgan fingerprint density at radius 2 is 2.00 bits per heavy atom. The Bertz CT molecular complexity index is 826. The summed E-state index contributed by atoms with van der Waals surface area (Å²) in [6.07, 6.45) is 0.606. The molecule has 1 atom stereocenters. The lowest BCUT2D eigenvalue weighted by Gasteiger charge is -2.17. The zero-order valence-electron chi connectivity index (χ0n) is 14.2. The van der Waals surface area contributed by atoms with Crippen molar-refractivity contribution < 1.29 is 18.7 Å².